The monoisotopic (exact) mass is 405 g/mol. The van der Waals surface area contributed by atoms with Crippen molar-refractivity contribution in [2.45, 2.75) is 12.3 Å². The van der Waals surface area contributed by atoms with Crippen molar-refractivity contribution in [2.75, 3.05) is 13.1 Å². The molecule has 0 atom stereocenters. The summed E-state index contributed by atoms with van der Waals surface area (Å²) in [4.78, 5) is 20.7. The number of pyridine rings is 1. The van der Waals surface area contributed by atoms with Crippen LogP contribution in [0.5, 0.6) is 5.88 Å². The van der Waals surface area contributed by atoms with Crippen molar-refractivity contribution in [3.8, 4) is 17.0 Å². The van der Waals surface area contributed by atoms with Crippen LogP contribution in [-0.4, -0.2) is 40.0 Å². The predicted molar refractivity (Wildman–Crippen MR) is 95.7 cm³/mol. The van der Waals surface area contributed by atoms with E-state index in [2.05, 4.69) is 9.97 Å². The van der Waals surface area contributed by atoms with E-state index < -0.39 is 17.8 Å². The number of ether oxygens (including phenoxy) is 1. The van der Waals surface area contributed by atoms with Crippen LogP contribution in [-0.2, 0) is 6.18 Å². The molecule has 1 N–H and O–H groups in total. The second-order valence-electron chi connectivity index (χ2n) is 6.64. The first kappa shape index (κ1) is 19.0. The molecule has 0 aliphatic carbocycles. The van der Waals surface area contributed by atoms with Gasteiger partial charge in [-0.25, -0.2) is 9.37 Å². The lowest BCUT2D eigenvalue weighted by molar-refractivity contribution is -0.137. The Kier molecular flexibility index (Phi) is 4.73. The second-order valence-corrected chi connectivity index (χ2v) is 6.64. The molecule has 0 bridgehead atoms. The molecule has 3 heterocycles. The van der Waals surface area contributed by atoms with Crippen LogP contribution in [0.25, 0.3) is 11.1 Å². The van der Waals surface area contributed by atoms with Crippen LogP contribution in [0.1, 0.15) is 16.1 Å². The van der Waals surface area contributed by atoms with Crippen LogP contribution in [0.2, 0.25) is 0 Å². The number of nitrogens with zero attached hydrogens (tertiary/aromatic N) is 2. The fourth-order valence-electron chi connectivity index (χ4n) is 3.00. The fourth-order valence-corrected chi connectivity index (χ4v) is 3.00. The minimum absolute atomic E-state index is 0.129. The van der Waals surface area contributed by atoms with E-state index in [1.54, 1.807) is 24.4 Å². The molecule has 1 fully saturated rings. The van der Waals surface area contributed by atoms with Gasteiger partial charge in [-0.3, -0.25) is 4.79 Å². The molecule has 5 nitrogen and oxygen atoms in total. The lowest BCUT2D eigenvalue weighted by Crippen LogP contribution is -2.56. The third-order valence-electron chi connectivity index (χ3n) is 4.58. The normalized spacial score (nSPS) is 14.6. The number of carbonyl (C=O) groups excluding carboxylic acids is 1. The van der Waals surface area contributed by atoms with Crippen molar-refractivity contribution < 1.29 is 27.1 Å². The number of hydrogen-bond acceptors (Lipinski definition) is 3. The summed E-state index contributed by atoms with van der Waals surface area (Å²) >= 11 is 0. The first-order chi connectivity index (χ1) is 13.8. The number of halogens is 4. The van der Waals surface area contributed by atoms with Crippen molar-refractivity contribution >= 4 is 5.91 Å². The molecule has 150 valence electrons. The number of carbonyl (C=O) groups is 1. The van der Waals surface area contributed by atoms with Gasteiger partial charge in [0, 0.05) is 18.5 Å². The fraction of sp³-hybridized carbons (Fsp3) is 0.200. The number of aromatic nitrogens is 2. The number of alkyl halides is 3. The van der Waals surface area contributed by atoms with Gasteiger partial charge in [0.1, 0.15) is 17.6 Å². The lowest BCUT2D eigenvalue weighted by Gasteiger charge is -2.38. The van der Waals surface area contributed by atoms with Crippen LogP contribution in [0.15, 0.2) is 54.9 Å². The van der Waals surface area contributed by atoms with Gasteiger partial charge in [-0.15, -0.1) is 0 Å². The van der Waals surface area contributed by atoms with Gasteiger partial charge < -0.3 is 14.6 Å². The van der Waals surface area contributed by atoms with E-state index in [1.807, 2.05) is 0 Å². The summed E-state index contributed by atoms with van der Waals surface area (Å²) in [6, 6.07) is 9.27. The minimum atomic E-state index is -4.47. The Hall–Kier alpha value is -3.36. The average molecular weight is 405 g/mol. The van der Waals surface area contributed by atoms with E-state index in [4.69, 9.17) is 4.74 Å². The number of amides is 1. The molecule has 3 aromatic rings. The van der Waals surface area contributed by atoms with Crippen molar-refractivity contribution in [1.82, 2.24) is 14.9 Å². The Morgan fingerprint density at radius 2 is 1.83 bits per heavy atom. The smallest absolute Gasteiger partial charge is 0.416 e. The number of rotatable bonds is 4. The zero-order valence-electron chi connectivity index (χ0n) is 14.9. The SMILES string of the molecule is O=C(c1cc(-c2ccc(F)cc2)c[nH]1)N1CC(Oc2cc(C(F)(F)F)ccn2)C1. The highest BCUT2D eigenvalue weighted by molar-refractivity contribution is 5.94. The summed E-state index contributed by atoms with van der Waals surface area (Å²) in [7, 11) is 0. The third kappa shape index (κ3) is 4.08. The highest BCUT2D eigenvalue weighted by atomic mass is 19.4. The van der Waals surface area contributed by atoms with Gasteiger partial charge in [0.25, 0.3) is 5.91 Å². The Morgan fingerprint density at radius 3 is 2.52 bits per heavy atom. The van der Waals surface area contributed by atoms with Crippen LogP contribution >= 0.6 is 0 Å². The number of likely N-dealkylation sites (tertiary alicyclic amines) is 1. The number of H-pyrrole nitrogens is 1. The van der Waals surface area contributed by atoms with E-state index in [0.29, 0.717) is 5.69 Å². The number of hydrogen-bond donors (Lipinski definition) is 1. The van der Waals surface area contributed by atoms with Crippen LogP contribution in [0.3, 0.4) is 0 Å². The van der Waals surface area contributed by atoms with Crippen molar-refractivity contribution in [3.05, 3.63) is 71.9 Å². The van der Waals surface area contributed by atoms with E-state index in [1.165, 1.54) is 17.0 Å². The first-order valence-electron chi connectivity index (χ1n) is 8.73. The van der Waals surface area contributed by atoms with Gasteiger partial charge in [0.05, 0.1) is 18.7 Å². The quantitative estimate of drug-likeness (QED) is 0.664. The summed E-state index contributed by atoms with van der Waals surface area (Å²) in [6.07, 6.45) is -2.21. The van der Waals surface area contributed by atoms with Gasteiger partial charge in [0.15, 0.2) is 0 Å². The van der Waals surface area contributed by atoms with E-state index in [0.717, 1.165) is 29.5 Å². The molecular formula is C20H15F4N3O2. The molecular weight excluding hydrogens is 390 g/mol. The first-order valence-corrected chi connectivity index (χ1v) is 8.73. The minimum Gasteiger partial charge on any atom is -0.471 e. The highest BCUT2D eigenvalue weighted by Gasteiger charge is 2.35. The lowest BCUT2D eigenvalue weighted by atomic mass is 10.1. The summed E-state index contributed by atoms with van der Waals surface area (Å²) in [5.74, 6) is -0.729. The van der Waals surface area contributed by atoms with Gasteiger partial charge >= 0.3 is 6.18 Å². The molecule has 0 radical (unpaired) electrons. The molecule has 9 heteroatoms. The summed E-state index contributed by atoms with van der Waals surface area (Å²) in [5, 5.41) is 0. The third-order valence-corrected chi connectivity index (χ3v) is 4.58. The molecule has 0 unspecified atom stereocenters. The molecule has 29 heavy (non-hydrogen) atoms. The molecule has 4 rings (SSSR count). The van der Waals surface area contributed by atoms with Crippen molar-refractivity contribution in [2.24, 2.45) is 0 Å². The maximum absolute atomic E-state index is 13.0. The average Bonchev–Trinajstić information content (AvgIpc) is 3.14. The Labute approximate surface area is 162 Å². The van der Waals surface area contributed by atoms with Gasteiger partial charge in [0.2, 0.25) is 5.88 Å². The van der Waals surface area contributed by atoms with E-state index >= 15 is 0 Å². The molecule has 2 aromatic heterocycles. The number of nitrogens with one attached hydrogen (secondary N) is 1. The van der Waals surface area contributed by atoms with Crippen LogP contribution in [0, 0.1) is 5.82 Å². The largest absolute Gasteiger partial charge is 0.471 e. The Morgan fingerprint density at radius 1 is 1.10 bits per heavy atom. The maximum atomic E-state index is 13.0. The molecule has 0 spiro atoms. The van der Waals surface area contributed by atoms with Crippen molar-refractivity contribution in [1.29, 1.82) is 0 Å². The van der Waals surface area contributed by atoms with Crippen LogP contribution < -0.4 is 4.74 Å². The summed E-state index contributed by atoms with van der Waals surface area (Å²) in [6.45, 7) is 0.476. The Bertz CT molecular complexity index is 1020. The standard InChI is InChI=1S/C20H15F4N3O2/c21-15-3-1-12(2-4-15)13-7-17(26-9-13)19(28)27-10-16(11-27)29-18-8-14(5-6-25-18)20(22,23)24/h1-9,16,26H,10-11H2. The Balaban J connectivity index is 1.36. The molecule has 0 saturated carbocycles. The van der Waals surface area contributed by atoms with Gasteiger partial charge in [-0.05, 0) is 35.4 Å². The zero-order valence-corrected chi connectivity index (χ0v) is 14.9. The highest BCUT2D eigenvalue weighted by Crippen LogP contribution is 2.31. The molecule has 1 aliphatic heterocycles. The van der Waals surface area contributed by atoms with E-state index in [-0.39, 0.29) is 30.7 Å². The van der Waals surface area contributed by atoms with E-state index in [9.17, 15) is 22.4 Å². The molecule has 1 aliphatic rings. The maximum Gasteiger partial charge on any atom is 0.416 e. The number of benzene rings is 1. The number of aromatic amines is 1. The van der Waals surface area contributed by atoms with Crippen LogP contribution in [0.4, 0.5) is 17.6 Å². The predicted octanol–water partition coefficient (Wildman–Crippen LogP) is 4.14. The summed E-state index contributed by atoms with van der Waals surface area (Å²) in [5.41, 5.74) is 1.03. The van der Waals surface area contributed by atoms with Gasteiger partial charge in [-0.2, -0.15) is 13.2 Å². The van der Waals surface area contributed by atoms with Gasteiger partial charge in [-0.1, -0.05) is 12.1 Å². The van der Waals surface area contributed by atoms with Crippen molar-refractivity contribution in [3.63, 3.8) is 0 Å². The molecule has 1 saturated heterocycles. The molecule has 1 aromatic carbocycles. The molecule has 1 amide bonds. The second kappa shape index (κ2) is 7.23. The topological polar surface area (TPSA) is 58.2 Å². The summed E-state index contributed by atoms with van der Waals surface area (Å²) < 4.78 is 56.7. The zero-order chi connectivity index (χ0) is 20.6.